The molecule has 1 saturated heterocycles. The van der Waals surface area contributed by atoms with Crippen LogP contribution in [0.5, 0.6) is 5.75 Å². The van der Waals surface area contributed by atoms with E-state index in [0.717, 1.165) is 30.2 Å². The number of ether oxygens (including phenoxy) is 1. The average molecular weight is 389 g/mol. The number of nitrogens with zero attached hydrogens (tertiary/aromatic N) is 3. The summed E-state index contributed by atoms with van der Waals surface area (Å²) in [6.07, 6.45) is 5.46. The maximum Gasteiger partial charge on any atom is 0.275 e. The third-order valence-corrected chi connectivity index (χ3v) is 4.82. The second-order valence-corrected chi connectivity index (χ2v) is 6.84. The minimum absolute atomic E-state index is 0.254. The molecule has 0 unspecified atom stereocenters. The van der Waals surface area contributed by atoms with Gasteiger partial charge in [-0.3, -0.25) is 4.79 Å². The van der Waals surface area contributed by atoms with Crippen molar-refractivity contribution in [2.75, 3.05) is 35.7 Å². The van der Waals surface area contributed by atoms with Gasteiger partial charge in [0.15, 0.2) is 0 Å². The Balaban J connectivity index is 1.37. The van der Waals surface area contributed by atoms with Crippen molar-refractivity contribution in [2.24, 2.45) is 0 Å². The number of nitrogens with one attached hydrogen (secondary N) is 2. The first-order chi connectivity index (χ1) is 14.2. The highest BCUT2D eigenvalue weighted by Gasteiger charge is 2.13. The molecular formula is C22H23N5O2. The summed E-state index contributed by atoms with van der Waals surface area (Å²) in [7, 11) is 1.62. The van der Waals surface area contributed by atoms with Crippen LogP contribution in [0.2, 0.25) is 0 Å². The Hall–Kier alpha value is -3.61. The molecule has 0 radical (unpaired) electrons. The highest BCUT2D eigenvalue weighted by molar-refractivity contribution is 6.02. The van der Waals surface area contributed by atoms with Crippen molar-refractivity contribution in [3.05, 3.63) is 66.6 Å². The second-order valence-electron chi connectivity index (χ2n) is 6.84. The summed E-state index contributed by atoms with van der Waals surface area (Å²) >= 11 is 0. The molecule has 1 aliphatic heterocycles. The van der Waals surface area contributed by atoms with Crippen LogP contribution in [-0.4, -0.2) is 36.1 Å². The van der Waals surface area contributed by atoms with Crippen LogP contribution in [-0.2, 0) is 0 Å². The van der Waals surface area contributed by atoms with Gasteiger partial charge < -0.3 is 20.3 Å². The van der Waals surface area contributed by atoms with Crippen LogP contribution in [0.25, 0.3) is 0 Å². The molecule has 1 amide bonds. The number of hydrogen-bond donors (Lipinski definition) is 2. The Bertz CT molecular complexity index is 967. The molecule has 1 aliphatic rings. The van der Waals surface area contributed by atoms with Crippen molar-refractivity contribution in [3.8, 4) is 5.75 Å². The zero-order valence-corrected chi connectivity index (χ0v) is 16.3. The Labute approximate surface area is 169 Å². The largest absolute Gasteiger partial charge is 0.497 e. The summed E-state index contributed by atoms with van der Waals surface area (Å²) in [6, 6.07) is 15.4. The first kappa shape index (κ1) is 18.7. The van der Waals surface area contributed by atoms with Gasteiger partial charge in [0, 0.05) is 36.2 Å². The molecule has 1 fully saturated rings. The molecule has 0 bridgehead atoms. The van der Waals surface area contributed by atoms with E-state index in [4.69, 9.17) is 4.74 Å². The number of hydrogen-bond acceptors (Lipinski definition) is 6. The van der Waals surface area contributed by atoms with Crippen LogP contribution in [0.1, 0.15) is 23.3 Å². The lowest BCUT2D eigenvalue weighted by atomic mass is 10.2. The lowest BCUT2D eigenvalue weighted by Crippen LogP contribution is -2.18. The number of rotatable bonds is 6. The van der Waals surface area contributed by atoms with Crippen molar-refractivity contribution < 1.29 is 9.53 Å². The lowest BCUT2D eigenvalue weighted by Gasteiger charge is -2.17. The van der Waals surface area contributed by atoms with Gasteiger partial charge in [0.05, 0.1) is 19.5 Å². The zero-order valence-electron chi connectivity index (χ0n) is 16.3. The van der Waals surface area contributed by atoms with E-state index in [2.05, 4.69) is 25.5 Å². The topological polar surface area (TPSA) is 79.4 Å². The summed E-state index contributed by atoms with van der Waals surface area (Å²) < 4.78 is 5.20. The summed E-state index contributed by atoms with van der Waals surface area (Å²) in [5.74, 6) is 0.999. The number of amides is 1. The SMILES string of the molecule is COc1cccc(Nc2cnc(C(=O)Nc3ccc(N4CCCC4)cc3)cn2)c1. The summed E-state index contributed by atoms with van der Waals surface area (Å²) in [5, 5.41) is 6.00. The van der Waals surface area contributed by atoms with Crippen molar-refractivity contribution in [2.45, 2.75) is 12.8 Å². The molecule has 29 heavy (non-hydrogen) atoms. The molecular weight excluding hydrogens is 366 g/mol. The zero-order chi connectivity index (χ0) is 20.1. The molecule has 3 aromatic rings. The van der Waals surface area contributed by atoms with Crippen molar-refractivity contribution in [1.29, 1.82) is 0 Å². The van der Waals surface area contributed by atoms with Gasteiger partial charge in [-0.2, -0.15) is 0 Å². The molecule has 0 aliphatic carbocycles. The van der Waals surface area contributed by atoms with E-state index >= 15 is 0 Å². The van der Waals surface area contributed by atoms with E-state index in [1.165, 1.54) is 30.9 Å². The Morgan fingerprint density at radius 3 is 2.48 bits per heavy atom. The molecule has 1 aromatic heterocycles. The fourth-order valence-corrected chi connectivity index (χ4v) is 3.28. The maximum absolute atomic E-state index is 12.4. The van der Waals surface area contributed by atoms with Gasteiger partial charge in [0.2, 0.25) is 0 Å². The van der Waals surface area contributed by atoms with E-state index < -0.39 is 0 Å². The molecule has 2 N–H and O–H groups in total. The normalized spacial score (nSPS) is 13.2. The summed E-state index contributed by atoms with van der Waals surface area (Å²) in [6.45, 7) is 2.19. The Morgan fingerprint density at radius 2 is 1.79 bits per heavy atom. The fourth-order valence-electron chi connectivity index (χ4n) is 3.28. The minimum Gasteiger partial charge on any atom is -0.497 e. The van der Waals surface area contributed by atoms with E-state index in [0.29, 0.717) is 5.82 Å². The second kappa shape index (κ2) is 8.60. The first-order valence-electron chi connectivity index (χ1n) is 9.61. The number of carbonyl (C=O) groups is 1. The van der Waals surface area contributed by atoms with Crippen molar-refractivity contribution >= 4 is 28.8 Å². The highest BCUT2D eigenvalue weighted by Crippen LogP contribution is 2.22. The van der Waals surface area contributed by atoms with Crippen LogP contribution < -0.4 is 20.3 Å². The number of aromatic nitrogens is 2. The molecule has 7 nitrogen and oxygen atoms in total. The van der Waals surface area contributed by atoms with Gasteiger partial charge >= 0.3 is 0 Å². The van der Waals surface area contributed by atoms with E-state index in [1.807, 2.05) is 48.5 Å². The predicted octanol–water partition coefficient (Wildman–Crippen LogP) is 4.08. The smallest absolute Gasteiger partial charge is 0.275 e. The molecule has 0 saturated carbocycles. The highest BCUT2D eigenvalue weighted by atomic mass is 16.5. The van der Waals surface area contributed by atoms with Gasteiger partial charge in [-0.15, -0.1) is 0 Å². The van der Waals surface area contributed by atoms with Gasteiger partial charge in [-0.25, -0.2) is 9.97 Å². The van der Waals surface area contributed by atoms with Crippen molar-refractivity contribution in [3.63, 3.8) is 0 Å². The fraction of sp³-hybridized carbons (Fsp3) is 0.227. The van der Waals surface area contributed by atoms with Crippen molar-refractivity contribution in [1.82, 2.24) is 9.97 Å². The average Bonchev–Trinajstić information content (AvgIpc) is 3.30. The summed E-state index contributed by atoms with van der Waals surface area (Å²) in [5.41, 5.74) is 3.00. The van der Waals surface area contributed by atoms with Gasteiger partial charge in [0.25, 0.3) is 5.91 Å². The number of benzene rings is 2. The van der Waals surface area contributed by atoms with E-state index in [9.17, 15) is 4.79 Å². The van der Waals surface area contributed by atoms with E-state index in [-0.39, 0.29) is 11.6 Å². The molecule has 0 atom stereocenters. The number of anilines is 4. The van der Waals surface area contributed by atoms with E-state index in [1.54, 1.807) is 7.11 Å². The lowest BCUT2D eigenvalue weighted by molar-refractivity contribution is 0.102. The quantitative estimate of drug-likeness (QED) is 0.661. The number of methoxy groups -OCH3 is 1. The molecule has 0 spiro atoms. The third-order valence-electron chi connectivity index (χ3n) is 4.82. The predicted molar refractivity (Wildman–Crippen MR) is 114 cm³/mol. The van der Waals surface area contributed by atoms with Gasteiger partial charge in [-0.1, -0.05) is 6.07 Å². The molecule has 4 rings (SSSR count). The Kier molecular flexibility index (Phi) is 5.56. The van der Waals surface area contributed by atoms with Crippen LogP contribution in [0.15, 0.2) is 60.9 Å². The molecule has 2 aromatic carbocycles. The van der Waals surface area contributed by atoms with Crippen LogP contribution in [0.4, 0.5) is 22.9 Å². The van der Waals surface area contributed by atoms with Gasteiger partial charge in [0.1, 0.15) is 17.3 Å². The molecule has 148 valence electrons. The third kappa shape index (κ3) is 4.63. The summed E-state index contributed by atoms with van der Waals surface area (Å²) in [4.78, 5) is 23.3. The monoisotopic (exact) mass is 389 g/mol. The first-order valence-corrected chi connectivity index (χ1v) is 9.61. The number of carbonyl (C=O) groups excluding carboxylic acids is 1. The van der Waals surface area contributed by atoms with Crippen LogP contribution in [0.3, 0.4) is 0 Å². The standard InChI is InChI=1S/C22H23N5O2/c1-29-19-6-4-5-17(13-19)25-21-15-23-20(14-24-21)22(28)26-16-7-9-18(10-8-16)27-11-2-3-12-27/h4-10,13-15H,2-3,11-12H2,1H3,(H,24,25)(H,26,28). The molecule has 2 heterocycles. The Morgan fingerprint density at radius 1 is 1.00 bits per heavy atom. The van der Waals surface area contributed by atoms with Crippen LogP contribution >= 0.6 is 0 Å². The maximum atomic E-state index is 12.4. The van der Waals surface area contributed by atoms with Gasteiger partial charge in [-0.05, 0) is 49.2 Å². The minimum atomic E-state index is -0.292. The van der Waals surface area contributed by atoms with Crippen LogP contribution in [0, 0.1) is 0 Å². The molecule has 7 heteroatoms.